The molecule has 17 heavy (non-hydrogen) atoms. The van der Waals surface area contributed by atoms with Gasteiger partial charge in [-0.25, -0.2) is 0 Å². The van der Waals surface area contributed by atoms with Crippen LogP contribution in [0.3, 0.4) is 0 Å². The average molecular weight is 246 g/mol. The third-order valence-corrected chi connectivity index (χ3v) is 2.60. The average Bonchev–Trinajstić information content (AvgIpc) is 2.34. The predicted octanol–water partition coefficient (Wildman–Crippen LogP) is -1.78. The summed E-state index contributed by atoms with van der Waals surface area (Å²) in [6, 6.07) is 0. The molecule has 0 aliphatic carbocycles. The van der Waals surface area contributed by atoms with Crippen molar-refractivity contribution in [3.63, 3.8) is 0 Å². The molecule has 0 saturated carbocycles. The Balaban J connectivity index is 2.45. The Morgan fingerprint density at radius 2 is 1.88 bits per heavy atom. The molecule has 1 fully saturated rings. The molecule has 0 aromatic heterocycles. The molecule has 6 heteroatoms. The maximum Gasteiger partial charge on any atom is 0.186 e. The van der Waals surface area contributed by atoms with Gasteiger partial charge >= 0.3 is 0 Å². The molecule has 1 rings (SSSR count). The van der Waals surface area contributed by atoms with Crippen LogP contribution in [0, 0.1) is 12.3 Å². The summed E-state index contributed by atoms with van der Waals surface area (Å²) in [5.74, 6) is 2.44. The molecule has 4 N–H and O–H groups in total. The van der Waals surface area contributed by atoms with Gasteiger partial charge < -0.3 is 29.9 Å². The van der Waals surface area contributed by atoms with Crippen LogP contribution in [0.5, 0.6) is 0 Å². The van der Waals surface area contributed by atoms with E-state index in [4.69, 9.17) is 21.0 Å². The summed E-state index contributed by atoms with van der Waals surface area (Å²) in [6.45, 7) is -0.192. The SMILES string of the molecule is C#CCCCOC1O[C@H](CO)[C@@H](O)[C@H](O)[C@H]1O. The lowest BCUT2D eigenvalue weighted by molar-refractivity contribution is -0.301. The van der Waals surface area contributed by atoms with Gasteiger partial charge in [0.1, 0.15) is 24.4 Å². The van der Waals surface area contributed by atoms with Crippen molar-refractivity contribution in [2.24, 2.45) is 0 Å². The van der Waals surface area contributed by atoms with Gasteiger partial charge in [0, 0.05) is 6.42 Å². The van der Waals surface area contributed by atoms with Crippen molar-refractivity contribution >= 4 is 0 Å². The molecule has 1 saturated heterocycles. The molecule has 6 nitrogen and oxygen atoms in total. The maximum atomic E-state index is 9.60. The Labute approximate surface area is 99.8 Å². The minimum Gasteiger partial charge on any atom is -0.394 e. The van der Waals surface area contributed by atoms with Crippen molar-refractivity contribution in [3.8, 4) is 12.3 Å². The van der Waals surface area contributed by atoms with Crippen LogP contribution in [0.15, 0.2) is 0 Å². The third kappa shape index (κ3) is 3.64. The number of terminal acetylenes is 1. The summed E-state index contributed by atoms with van der Waals surface area (Å²) < 4.78 is 10.3. The minimum absolute atomic E-state index is 0.271. The number of unbranched alkanes of at least 4 members (excludes halogenated alkanes) is 1. The van der Waals surface area contributed by atoms with Crippen molar-refractivity contribution in [1.82, 2.24) is 0 Å². The largest absolute Gasteiger partial charge is 0.394 e. The molecule has 0 radical (unpaired) electrons. The maximum absolute atomic E-state index is 9.60. The number of ether oxygens (including phenoxy) is 2. The van der Waals surface area contributed by atoms with Crippen LogP contribution in [-0.2, 0) is 9.47 Å². The van der Waals surface area contributed by atoms with Gasteiger partial charge in [-0.1, -0.05) is 0 Å². The zero-order valence-corrected chi connectivity index (χ0v) is 9.40. The summed E-state index contributed by atoms with van der Waals surface area (Å²) in [5, 5.41) is 37.5. The summed E-state index contributed by atoms with van der Waals surface area (Å²) in [7, 11) is 0. The Bertz CT molecular complexity index is 261. The number of hydrogen-bond acceptors (Lipinski definition) is 6. The van der Waals surface area contributed by atoms with E-state index in [1.165, 1.54) is 0 Å². The van der Waals surface area contributed by atoms with E-state index in [9.17, 15) is 15.3 Å². The van der Waals surface area contributed by atoms with Gasteiger partial charge in [-0.2, -0.15) is 0 Å². The van der Waals surface area contributed by atoms with Crippen LogP contribution < -0.4 is 0 Å². The Morgan fingerprint density at radius 3 is 2.47 bits per heavy atom. The first-order chi connectivity index (χ1) is 8.11. The van der Waals surface area contributed by atoms with Gasteiger partial charge in [0.25, 0.3) is 0 Å². The number of hydrogen-bond donors (Lipinski definition) is 4. The summed E-state index contributed by atoms with van der Waals surface area (Å²) in [5.41, 5.74) is 0. The highest BCUT2D eigenvalue weighted by Crippen LogP contribution is 2.21. The van der Waals surface area contributed by atoms with E-state index >= 15 is 0 Å². The van der Waals surface area contributed by atoms with Crippen LogP contribution in [0.1, 0.15) is 12.8 Å². The number of aliphatic hydroxyl groups is 4. The molecular weight excluding hydrogens is 228 g/mol. The highest BCUT2D eigenvalue weighted by atomic mass is 16.7. The molecule has 0 aromatic rings. The third-order valence-electron chi connectivity index (χ3n) is 2.60. The van der Waals surface area contributed by atoms with Gasteiger partial charge in [0.15, 0.2) is 6.29 Å². The molecule has 1 aliphatic heterocycles. The van der Waals surface area contributed by atoms with Crippen molar-refractivity contribution in [3.05, 3.63) is 0 Å². The van der Waals surface area contributed by atoms with Gasteiger partial charge in [-0.15, -0.1) is 12.3 Å². The standard InChI is InChI=1S/C11H18O6/c1-2-3-4-5-16-11-10(15)9(14)8(13)7(6-12)17-11/h1,7-15H,3-6H2/t7-,8-,9+,10-,11?/m1/s1. The lowest BCUT2D eigenvalue weighted by Crippen LogP contribution is -2.59. The lowest BCUT2D eigenvalue weighted by atomic mass is 9.99. The van der Waals surface area contributed by atoms with Gasteiger partial charge in [0.2, 0.25) is 0 Å². The second kappa shape index (κ2) is 6.91. The van der Waals surface area contributed by atoms with Crippen LogP contribution in [0.2, 0.25) is 0 Å². The first-order valence-corrected chi connectivity index (χ1v) is 5.47. The Kier molecular flexibility index (Phi) is 5.85. The fraction of sp³-hybridized carbons (Fsp3) is 0.818. The highest BCUT2D eigenvalue weighted by molar-refractivity contribution is 4.89. The Morgan fingerprint density at radius 1 is 1.18 bits per heavy atom. The van der Waals surface area contributed by atoms with E-state index in [0.717, 1.165) is 0 Å². The smallest absolute Gasteiger partial charge is 0.186 e. The van der Waals surface area contributed by atoms with Crippen LogP contribution in [0.25, 0.3) is 0 Å². The number of rotatable bonds is 5. The zero-order chi connectivity index (χ0) is 12.8. The molecule has 0 amide bonds. The molecule has 1 aliphatic rings. The molecule has 0 aromatic carbocycles. The molecular formula is C11H18O6. The molecule has 5 atom stereocenters. The van der Waals surface area contributed by atoms with Crippen molar-refractivity contribution in [2.45, 2.75) is 43.5 Å². The van der Waals surface area contributed by atoms with E-state index in [2.05, 4.69) is 5.92 Å². The second-order valence-electron chi connectivity index (χ2n) is 3.88. The van der Waals surface area contributed by atoms with Gasteiger partial charge in [0.05, 0.1) is 13.2 Å². The highest BCUT2D eigenvalue weighted by Gasteiger charge is 2.43. The van der Waals surface area contributed by atoms with Crippen LogP contribution in [-0.4, -0.2) is 64.3 Å². The van der Waals surface area contributed by atoms with E-state index in [1.54, 1.807) is 0 Å². The minimum atomic E-state index is -1.40. The first-order valence-electron chi connectivity index (χ1n) is 5.47. The normalized spacial score (nSPS) is 37.7. The first kappa shape index (κ1) is 14.4. The molecule has 1 unspecified atom stereocenters. The Hall–Kier alpha value is -0.680. The summed E-state index contributed by atoms with van der Waals surface area (Å²) in [4.78, 5) is 0. The van der Waals surface area contributed by atoms with Crippen LogP contribution >= 0.6 is 0 Å². The summed E-state index contributed by atoms with van der Waals surface area (Å²) >= 11 is 0. The molecule has 1 heterocycles. The van der Waals surface area contributed by atoms with E-state index < -0.39 is 37.3 Å². The monoisotopic (exact) mass is 246 g/mol. The van der Waals surface area contributed by atoms with E-state index in [1.807, 2.05) is 0 Å². The second-order valence-corrected chi connectivity index (χ2v) is 3.88. The quantitative estimate of drug-likeness (QED) is 0.338. The zero-order valence-electron chi connectivity index (χ0n) is 9.40. The number of aliphatic hydroxyl groups excluding tert-OH is 4. The van der Waals surface area contributed by atoms with Crippen LogP contribution in [0.4, 0.5) is 0 Å². The van der Waals surface area contributed by atoms with Gasteiger partial charge in [-0.3, -0.25) is 0 Å². The van der Waals surface area contributed by atoms with Crippen molar-refractivity contribution in [1.29, 1.82) is 0 Å². The summed E-state index contributed by atoms with van der Waals surface area (Å²) in [6.07, 6.45) is 0.0899. The fourth-order valence-electron chi connectivity index (χ4n) is 1.58. The topological polar surface area (TPSA) is 99.4 Å². The molecule has 0 bridgehead atoms. The predicted molar refractivity (Wildman–Crippen MR) is 57.8 cm³/mol. The van der Waals surface area contributed by atoms with Crippen molar-refractivity contribution < 1.29 is 29.9 Å². The fourth-order valence-corrected chi connectivity index (χ4v) is 1.58. The molecule has 98 valence electrons. The van der Waals surface area contributed by atoms with Crippen molar-refractivity contribution in [2.75, 3.05) is 13.2 Å². The van der Waals surface area contributed by atoms with E-state index in [0.29, 0.717) is 12.8 Å². The molecule has 0 spiro atoms. The van der Waals surface area contributed by atoms with E-state index in [-0.39, 0.29) is 6.61 Å². The lowest BCUT2D eigenvalue weighted by Gasteiger charge is -2.39. The van der Waals surface area contributed by atoms with Gasteiger partial charge in [-0.05, 0) is 6.42 Å².